The molecule has 0 aromatic carbocycles. The van der Waals surface area contributed by atoms with Crippen LogP contribution in [0.15, 0.2) is 24.4 Å². The van der Waals surface area contributed by atoms with E-state index in [0.717, 1.165) is 30.6 Å². The summed E-state index contributed by atoms with van der Waals surface area (Å²) in [5.74, 6) is 1.45. The molecule has 0 unspecified atom stereocenters. The Bertz CT molecular complexity index is 997. The van der Waals surface area contributed by atoms with Crippen LogP contribution < -0.4 is 16.0 Å². The summed E-state index contributed by atoms with van der Waals surface area (Å²) in [5, 5.41) is 16.6. The van der Waals surface area contributed by atoms with E-state index in [1.54, 1.807) is 12.3 Å². The van der Waals surface area contributed by atoms with Crippen LogP contribution in [0.25, 0.3) is 0 Å². The Morgan fingerprint density at radius 1 is 1.07 bits per heavy atom. The topological polar surface area (TPSA) is 121 Å². The van der Waals surface area contributed by atoms with Crippen molar-refractivity contribution in [2.75, 3.05) is 10.6 Å². The molecule has 2 aromatic heterocycles. The lowest BCUT2D eigenvalue weighted by Crippen LogP contribution is -2.77. The maximum absolute atomic E-state index is 12.8. The van der Waals surface area contributed by atoms with Crippen molar-refractivity contribution in [1.82, 2.24) is 20.5 Å². The fourth-order valence-corrected chi connectivity index (χ4v) is 5.47. The molecular weight excluding hydrogens is 372 g/mol. The zero-order valence-corrected chi connectivity index (χ0v) is 15.8. The number of nitrogens with zero attached hydrogens (tertiary/aromatic N) is 2. The third-order valence-electron chi connectivity index (χ3n) is 6.85. The summed E-state index contributed by atoms with van der Waals surface area (Å²) in [6, 6.07) is 5.63. The van der Waals surface area contributed by atoms with E-state index in [0.29, 0.717) is 36.8 Å². The normalized spacial score (nSPS) is 34.9. The maximum atomic E-state index is 12.8. The first kappa shape index (κ1) is 16.8. The van der Waals surface area contributed by atoms with Crippen LogP contribution in [0.3, 0.4) is 0 Å². The van der Waals surface area contributed by atoms with Gasteiger partial charge in [-0.1, -0.05) is 0 Å². The number of aromatic nitrogens is 3. The Morgan fingerprint density at radius 3 is 2.79 bits per heavy atom. The lowest BCUT2D eigenvalue weighted by molar-refractivity contribution is -0.173. The van der Waals surface area contributed by atoms with Crippen LogP contribution in [-0.2, 0) is 9.53 Å². The number of hydrogen-bond donors (Lipinski definition) is 4. The van der Waals surface area contributed by atoms with Gasteiger partial charge in [0.15, 0.2) is 5.82 Å². The maximum Gasteiger partial charge on any atom is 0.407 e. The number of nitrogens with one attached hydrogen (secondary N) is 4. The minimum absolute atomic E-state index is 0.0407. The number of carbonyl (C=O) groups is 2. The van der Waals surface area contributed by atoms with Crippen molar-refractivity contribution in [3.8, 4) is 0 Å². The molecule has 9 nitrogen and oxygen atoms in total. The van der Waals surface area contributed by atoms with Gasteiger partial charge in [0.25, 0.3) is 0 Å². The van der Waals surface area contributed by atoms with Crippen molar-refractivity contribution in [2.45, 2.75) is 56.1 Å². The molecule has 9 rings (SSSR count). The van der Waals surface area contributed by atoms with Gasteiger partial charge in [0, 0.05) is 41.2 Å². The summed E-state index contributed by atoms with van der Waals surface area (Å²) in [4.78, 5) is 29.4. The van der Waals surface area contributed by atoms with Gasteiger partial charge in [-0.3, -0.25) is 9.89 Å². The third kappa shape index (κ3) is 2.67. The van der Waals surface area contributed by atoms with E-state index >= 15 is 0 Å². The van der Waals surface area contributed by atoms with Crippen molar-refractivity contribution in [2.24, 2.45) is 5.41 Å². The molecule has 4 aliphatic carbocycles. The predicted octanol–water partition coefficient (Wildman–Crippen LogP) is 2.79. The fraction of sp³-hybridized carbons (Fsp3) is 0.500. The Kier molecular flexibility index (Phi) is 3.31. The van der Waals surface area contributed by atoms with Gasteiger partial charge >= 0.3 is 6.09 Å². The molecule has 0 radical (unpaired) electrons. The average molecular weight is 394 g/mol. The number of alkyl carbamates (subject to hydrolysis) is 1. The highest BCUT2D eigenvalue weighted by atomic mass is 16.6. The van der Waals surface area contributed by atoms with Crippen LogP contribution in [0.4, 0.5) is 22.1 Å². The van der Waals surface area contributed by atoms with Crippen molar-refractivity contribution in [3.05, 3.63) is 30.1 Å². The van der Waals surface area contributed by atoms with Crippen molar-refractivity contribution in [3.63, 3.8) is 0 Å². The third-order valence-corrected chi connectivity index (χ3v) is 6.85. The molecule has 4 saturated carbocycles. The van der Waals surface area contributed by atoms with Gasteiger partial charge in [0.05, 0.1) is 5.41 Å². The summed E-state index contributed by atoms with van der Waals surface area (Å²) in [6.45, 7) is 0. The molecule has 9 heteroatoms. The summed E-state index contributed by atoms with van der Waals surface area (Å²) in [7, 11) is 0. The van der Waals surface area contributed by atoms with E-state index in [9.17, 15) is 9.59 Å². The summed E-state index contributed by atoms with van der Waals surface area (Å²) < 4.78 is 5.67. The molecule has 8 bridgehead atoms. The quantitative estimate of drug-likeness (QED) is 0.545. The lowest BCUT2D eigenvalue weighted by Gasteiger charge is -2.68. The second kappa shape index (κ2) is 5.71. The molecule has 2 amide bonds. The number of amides is 2. The van der Waals surface area contributed by atoms with Crippen molar-refractivity contribution in [1.29, 1.82) is 0 Å². The second-order valence-corrected chi connectivity index (χ2v) is 8.97. The lowest BCUT2D eigenvalue weighted by atomic mass is 9.39. The zero-order chi connectivity index (χ0) is 19.6. The number of anilines is 3. The minimum Gasteiger partial charge on any atom is -0.446 e. The largest absolute Gasteiger partial charge is 0.446 e. The Labute approximate surface area is 167 Å². The van der Waals surface area contributed by atoms with Gasteiger partial charge in [-0.15, -0.1) is 0 Å². The fourth-order valence-electron chi connectivity index (χ4n) is 5.47. The van der Waals surface area contributed by atoms with E-state index in [1.165, 1.54) is 0 Å². The highest BCUT2D eigenvalue weighted by Gasteiger charge is 2.72. The van der Waals surface area contributed by atoms with Crippen LogP contribution in [0.5, 0.6) is 0 Å². The van der Waals surface area contributed by atoms with E-state index in [1.807, 2.05) is 12.1 Å². The van der Waals surface area contributed by atoms with Gasteiger partial charge in [-0.2, -0.15) is 5.10 Å². The van der Waals surface area contributed by atoms with Gasteiger partial charge < -0.3 is 20.7 Å². The van der Waals surface area contributed by atoms with E-state index in [4.69, 9.17) is 4.74 Å². The predicted molar refractivity (Wildman–Crippen MR) is 104 cm³/mol. The number of carbonyl (C=O) groups excluding carboxylic acids is 2. The van der Waals surface area contributed by atoms with Crippen LogP contribution in [-0.4, -0.2) is 38.8 Å². The first-order valence-corrected chi connectivity index (χ1v) is 10.1. The van der Waals surface area contributed by atoms with E-state index in [2.05, 4.69) is 31.1 Å². The van der Waals surface area contributed by atoms with Crippen molar-refractivity contribution >= 4 is 29.3 Å². The summed E-state index contributed by atoms with van der Waals surface area (Å²) in [6.07, 6.45) is 5.73. The molecular formula is C20H22N6O3. The molecule has 150 valence electrons. The molecule has 29 heavy (non-hydrogen) atoms. The molecule has 4 N–H and O–H groups in total. The van der Waals surface area contributed by atoms with Crippen LogP contribution in [0.2, 0.25) is 0 Å². The molecule has 0 spiro atoms. The minimum atomic E-state index is -0.403. The molecule has 0 saturated heterocycles. The molecule has 4 fully saturated rings. The van der Waals surface area contributed by atoms with Gasteiger partial charge in [0.2, 0.25) is 5.91 Å². The van der Waals surface area contributed by atoms with Crippen LogP contribution in [0.1, 0.15) is 50.1 Å². The number of pyridine rings is 1. The van der Waals surface area contributed by atoms with Gasteiger partial charge in [-0.05, 0) is 44.6 Å². The van der Waals surface area contributed by atoms with Crippen LogP contribution in [0, 0.1) is 5.41 Å². The Balaban J connectivity index is 1.29. The average Bonchev–Trinajstić information content (AvgIpc) is 3.25. The van der Waals surface area contributed by atoms with E-state index < -0.39 is 5.41 Å². The standard InChI is InChI=1S/C20H22N6O3/c27-17-19-8-20(9-19,10-19)24-18(28)29-13-2-1-11(5-13)14-7-16(26-25-14)22-12-3-4-21-15(6-12)23-17/h3-4,6-7,11,13H,1-2,5,8-10H2,(H,24,28)(H,21,23,27)(H2,22,25,26)/t11-,13+,19?,20?/m0/s1. The molecule has 5 heterocycles. The van der Waals surface area contributed by atoms with Crippen molar-refractivity contribution < 1.29 is 14.3 Å². The Hall–Kier alpha value is -3.10. The van der Waals surface area contributed by atoms with Gasteiger partial charge in [0.1, 0.15) is 11.9 Å². The number of ether oxygens (including phenoxy) is 1. The first-order chi connectivity index (χ1) is 14.0. The SMILES string of the molecule is O=C1NC23CC(C2)(C3)C(=O)Nc2cc(ccn2)Nc2cc([nH]n2)[C@H]2CC[C@H](C2)O1. The Morgan fingerprint density at radius 2 is 1.93 bits per heavy atom. The highest BCUT2D eigenvalue weighted by Crippen LogP contribution is 2.67. The number of H-pyrrole nitrogens is 1. The molecule has 7 aliphatic rings. The first-order valence-electron chi connectivity index (χ1n) is 10.1. The number of rotatable bonds is 0. The van der Waals surface area contributed by atoms with Gasteiger partial charge in [-0.25, -0.2) is 9.78 Å². The van der Waals surface area contributed by atoms with E-state index in [-0.39, 0.29) is 23.6 Å². The number of hydrogen-bond acceptors (Lipinski definition) is 6. The highest BCUT2D eigenvalue weighted by molar-refractivity contribution is 5.98. The molecule has 2 atom stereocenters. The number of aromatic amines is 1. The summed E-state index contributed by atoms with van der Waals surface area (Å²) >= 11 is 0. The zero-order valence-electron chi connectivity index (χ0n) is 15.8. The van der Waals surface area contributed by atoms with Crippen LogP contribution >= 0.6 is 0 Å². The molecule has 2 aromatic rings. The molecule has 3 aliphatic heterocycles. The smallest absolute Gasteiger partial charge is 0.407 e. The second-order valence-electron chi connectivity index (χ2n) is 8.97. The monoisotopic (exact) mass is 394 g/mol. The summed E-state index contributed by atoms with van der Waals surface area (Å²) in [5.41, 5.74) is 1.15.